The number of thiophene rings is 1. The molecule has 1 saturated carbocycles. The molecule has 2 aromatic rings. The summed E-state index contributed by atoms with van der Waals surface area (Å²) in [5.41, 5.74) is 1.30. The molecule has 3 rings (SSSR count). The summed E-state index contributed by atoms with van der Waals surface area (Å²) in [4.78, 5) is 36.9. The van der Waals surface area contributed by atoms with Crippen molar-refractivity contribution >= 4 is 44.2 Å². The SMILES string of the molecule is C=CCNS(=O)(=O)c1ccc(C(=O)OCC(=O)Nc2scc(C3CC3)c2C(=O)OCC)cc1. The van der Waals surface area contributed by atoms with Gasteiger partial charge >= 0.3 is 11.9 Å². The number of carbonyl (C=O) groups excluding carboxylic acids is 3. The Balaban J connectivity index is 1.60. The third-order valence-electron chi connectivity index (χ3n) is 4.72. The van der Waals surface area contributed by atoms with Gasteiger partial charge < -0.3 is 14.8 Å². The maximum atomic E-state index is 12.4. The minimum absolute atomic E-state index is 0.0192. The number of sulfonamides is 1. The van der Waals surface area contributed by atoms with E-state index in [1.165, 1.54) is 41.7 Å². The average molecular weight is 493 g/mol. The van der Waals surface area contributed by atoms with E-state index in [1.807, 2.05) is 5.38 Å². The standard InChI is InChI=1S/C22H24N2O7S2/c1-3-11-23-33(28,29)16-9-7-15(8-10-16)21(26)31-12-18(25)24-20-19(22(27)30-4-2)17(13-32-20)14-5-6-14/h3,7-10,13-14,23H,1,4-6,11-12H2,2H3,(H,24,25). The summed E-state index contributed by atoms with van der Waals surface area (Å²) in [6.45, 7) is 4.87. The Morgan fingerprint density at radius 1 is 1.15 bits per heavy atom. The molecule has 0 spiro atoms. The lowest BCUT2D eigenvalue weighted by Crippen LogP contribution is -2.24. The van der Waals surface area contributed by atoms with E-state index >= 15 is 0 Å². The molecule has 11 heteroatoms. The van der Waals surface area contributed by atoms with Gasteiger partial charge in [0.1, 0.15) is 5.00 Å². The van der Waals surface area contributed by atoms with E-state index in [2.05, 4.69) is 16.6 Å². The predicted octanol–water partition coefficient (Wildman–Crippen LogP) is 3.06. The van der Waals surface area contributed by atoms with Crippen LogP contribution in [0.3, 0.4) is 0 Å². The first-order chi connectivity index (χ1) is 15.8. The van der Waals surface area contributed by atoms with E-state index in [0.717, 1.165) is 18.4 Å². The molecule has 1 aliphatic rings. The third kappa shape index (κ3) is 6.28. The van der Waals surface area contributed by atoms with Crippen molar-refractivity contribution in [2.45, 2.75) is 30.6 Å². The number of nitrogens with one attached hydrogen (secondary N) is 2. The number of amides is 1. The van der Waals surface area contributed by atoms with Crippen LogP contribution in [0.1, 0.15) is 52.0 Å². The van der Waals surface area contributed by atoms with Gasteiger partial charge in [-0.15, -0.1) is 17.9 Å². The summed E-state index contributed by atoms with van der Waals surface area (Å²) in [6, 6.07) is 5.11. The van der Waals surface area contributed by atoms with Crippen LogP contribution in [0.5, 0.6) is 0 Å². The molecule has 9 nitrogen and oxygen atoms in total. The number of benzene rings is 1. The van der Waals surface area contributed by atoms with Crippen LogP contribution < -0.4 is 10.0 Å². The van der Waals surface area contributed by atoms with Crippen LogP contribution in [-0.2, 0) is 24.3 Å². The van der Waals surface area contributed by atoms with Gasteiger partial charge in [-0.1, -0.05) is 6.08 Å². The minimum Gasteiger partial charge on any atom is -0.462 e. The molecule has 0 atom stereocenters. The normalized spacial score (nSPS) is 13.2. The van der Waals surface area contributed by atoms with Gasteiger partial charge in [-0.3, -0.25) is 4.79 Å². The second kappa shape index (κ2) is 10.7. The Kier molecular flexibility index (Phi) is 8.01. The van der Waals surface area contributed by atoms with Crippen molar-refractivity contribution in [3.8, 4) is 0 Å². The number of hydrogen-bond acceptors (Lipinski definition) is 8. The van der Waals surface area contributed by atoms with Gasteiger partial charge in [0.2, 0.25) is 10.0 Å². The average Bonchev–Trinajstić information content (AvgIpc) is 3.56. The second-order valence-corrected chi connectivity index (χ2v) is 9.83. The molecule has 1 fully saturated rings. The largest absolute Gasteiger partial charge is 0.462 e. The van der Waals surface area contributed by atoms with E-state index in [-0.39, 0.29) is 23.6 Å². The Morgan fingerprint density at radius 2 is 1.85 bits per heavy atom. The molecule has 0 bridgehead atoms. The maximum absolute atomic E-state index is 12.4. The highest BCUT2D eigenvalue weighted by Gasteiger charge is 2.32. The molecular formula is C22H24N2O7S2. The zero-order valence-electron chi connectivity index (χ0n) is 18.0. The monoisotopic (exact) mass is 492 g/mol. The first-order valence-corrected chi connectivity index (χ1v) is 12.6. The van der Waals surface area contributed by atoms with Crippen LogP contribution >= 0.6 is 11.3 Å². The Hall–Kier alpha value is -3.02. The van der Waals surface area contributed by atoms with Crippen molar-refractivity contribution < 1.29 is 32.3 Å². The predicted molar refractivity (Wildman–Crippen MR) is 123 cm³/mol. The molecule has 0 radical (unpaired) electrons. The van der Waals surface area contributed by atoms with Crippen molar-refractivity contribution in [1.29, 1.82) is 0 Å². The molecule has 1 aromatic heterocycles. The van der Waals surface area contributed by atoms with Crippen molar-refractivity contribution in [2.75, 3.05) is 25.1 Å². The highest BCUT2D eigenvalue weighted by molar-refractivity contribution is 7.89. The molecule has 0 aliphatic heterocycles. The molecule has 1 aliphatic carbocycles. The van der Waals surface area contributed by atoms with Crippen LogP contribution in [0.25, 0.3) is 0 Å². The van der Waals surface area contributed by atoms with Crippen LogP contribution in [0.15, 0.2) is 47.2 Å². The molecule has 1 amide bonds. The van der Waals surface area contributed by atoms with Gasteiger partial charge in [0.25, 0.3) is 5.91 Å². The number of anilines is 1. The molecule has 1 heterocycles. The first-order valence-electron chi connectivity index (χ1n) is 10.2. The second-order valence-electron chi connectivity index (χ2n) is 7.18. The lowest BCUT2D eigenvalue weighted by atomic mass is 10.1. The minimum atomic E-state index is -3.71. The fraction of sp³-hybridized carbons (Fsp3) is 0.318. The lowest BCUT2D eigenvalue weighted by molar-refractivity contribution is -0.119. The van der Waals surface area contributed by atoms with Gasteiger partial charge in [-0.2, -0.15) is 0 Å². The van der Waals surface area contributed by atoms with E-state index in [0.29, 0.717) is 16.5 Å². The summed E-state index contributed by atoms with van der Waals surface area (Å²) in [5, 5.41) is 4.81. The quantitative estimate of drug-likeness (QED) is 0.364. The first kappa shape index (κ1) is 24.6. The van der Waals surface area contributed by atoms with Crippen LogP contribution in [0.2, 0.25) is 0 Å². The van der Waals surface area contributed by atoms with Crippen molar-refractivity contribution in [3.63, 3.8) is 0 Å². The molecule has 1 aromatic carbocycles. The van der Waals surface area contributed by atoms with E-state index in [9.17, 15) is 22.8 Å². The fourth-order valence-electron chi connectivity index (χ4n) is 2.97. The van der Waals surface area contributed by atoms with Crippen LogP contribution in [0.4, 0.5) is 5.00 Å². The third-order valence-corrected chi connectivity index (χ3v) is 7.07. The molecule has 2 N–H and O–H groups in total. The van der Waals surface area contributed by atoms with E-state index < -0.39 is 34.5 Å². The van der Waals surface area contributed by atoms with E-state index in [1.54, 1.807) is 6.92 Å². The molecular weight excluding hydrogens is 468 g/mol. The summed E-state index contributed by atoms with van der Waals surface area (Å²) >= 11 is 1.22. The van der Waals surface area contributed by atoms with Crippen LogP contribution in [0, 0.1) is 0 Å². The number of ether oxygens (including phenoxy) is 2. The molecule has 0 unspecified atom stereocenters. The summed E-state index contributed by atoms with van der Waals surface area (Å²) < 4.78 is 36.6. The van der Waals surface area contributed by atoms with E-state index in [4.69, 9.17) is 9.47 Å². The van der Waals surface area contributed by atoms with Gasteiger partial charge in [0.05, 0.1) is 22.6 Å². The Labute approximate surface area is 195 Å². The summed E-state index contributed by atoms with van der Waals surface area (Å²) in [6.07, 6.45) is 3.38. The Morgan fingerprint density at radius 3 is 2.45 bits per heavy atom. The summed E-state index contributed by atoms with van der Waals surface area (Å²) in [7, 11) is -3.71. The van der Waals surface area contributed by atoms with Crippen molar-refractivity contribution in [1.82, 2.24) is 4.72 Å². The number of carbonyl (C=O) groups is 3. The fourth-order valence-corrected chi connectivity index (χ4v) is 5.02. The van der Waals surface area contributed by atoms with Gasteiger partial charge in [-0.05, 0) is 60.9 Å². The summed E-state index contributed by atoms with van der Waals surface area (Å²) in [5.74, 6) is -1.59. The molecule has 33 heavy (non-hydrogen) atoms. The zero-order chi connectivity index (χ0) is 24.0. The molecule has 176 valence electrons. The number of rotatable bonds is 11. The molecule has 0 saturated heterocycles. The highest BCUT2D eigenvalue weighted by Crippen LogP contribution is 2.46. The van der Waals surface area contributed by atoms with Gasteiger partial charge in [0, 0.05) is 6.54 Å². The lowest BCUT2D eigenvalue weighted by Gasteiger charge is -2.09. The van der Waals surface area contributed by atoms with Crippen LogP contribution in [-0.4, -0.2) is 46.0 Å². The zero-order valence-corrected chi connectivity index (χ0v) is 19.6. The number of hydrogen-bond donors (Lipinski definition) is 2. The Bertz CT molecular complexity index is 1150. The topological polar surface area (TPSA) is 128 Å². The van der Waals surface area contributed by atoms with Gasteiger partial charge in [-0.25, -0.2) is 22.7 Å². The number of esters is 2. The smallest absolute Gasteiger partial charge is 0.341 e. The highest BCUT2D eigenvalue weighted by atomic mass is 32.2. The maximum Gasteiger partial charge on any atom is 0.341 e. The van der Waals surface area contributed by atoms with Gasteiger partial charge in [0.15, 0.2) is 6.61 Å². The van der Waals surface area contributed by atoms with Crippen molar-refractivity contribution in [3.05, 3.63) is 59.0 Å². The van der Waals surface area contributed by atoms with Crippen molar-refractivity contribution in [2.24, 2.45) is 0 Å².